The molecule has 1 fully saturated rings. The van der Waals surface area contributed by atoms with Crippen molar-refractivity contribution in [1.29, 1.82) is 0 Å². The molecule has 3 unspecified atom stereocenters. The number of β-lactam (4-membered cyclic amide) rings is 1. The van der Waals surface area contributed by atoms with Gasteiger partial charge < -0.3 is 21.1 Å². The number of aromatic nitrogens is 2. The second-order valence-electron chi connectivity index (χ2n) is 7.79. The number of fused-ring (bicyclic) bond motifs is 1. The maximum atomic E-state index is 13.0. The molecule has 5 N–H and O–H groups in total. The summed E-state index contributed by atoms with van der Waals surface area (Å²) in [5.41, 5.74) is 0.636. The van der Waals surface area contributed by atoms with Gasteiger partial charge in [-0.1, -0.05) is 0 Å². The van der Waals surface area contributed by atoms with Gasteiger partial charge in [0.2, 0.25) is 5.91 Å². The molecule has 0 saturated carbocycles. The number of hydrogen-bond acceptors (Lipinski definition) is 11. The molecule has 2 aromatic heterocycles. The molecule has 0 bridgehead atoms. The highest BCUT2D eigenvalue weighted by atomic mass is 32.2. The molecule has 0 aliphatic carbocycles. The number of carbonyl (C=O) groups is 5. The van der Waals surface area contributed by atoms with Crippen LogP contribution >= 0.6 is 47.1 Å². The minimum atomic E-state index is -1.26. The molecule has 17 heteroatoms. The molecule has 37 heavy (non-hydrogen) atoms. The van der Waals surface area contributed by atoms with Crippen LogP contribution in [0.25, 0.3) is 0 Å². The van der Waals surface area contributed by atoms with Crippen LogP contribution in [0, 0.1) is 6.92 Å². The minimum Gasteiger partial charge on any atom is -0.477 e. The van der Waals surface area contributed by atoms with Crippen LogP contribution < -0.4 is 21.3 Å². The number of nitrogens with zero attached hydrogens (tertiary/aromatic N) is 3. The lowest BCUT2D eigenvalue weighted by molar-refractivity contribution is -0.150. The topological polar surface area (TPSA) is 183 Å². The number of urea groups is 2. The molecule has 13 nitrogen and oxygen atoms in total. The van der Waals surface area contributed by atoms with Crippen molar-refractivity contribution in [3.8, 4) is 0 Å². The Kier molecular flexibility index (Phi) is 8.05. The first kappa shape index (κ1) is 26.9. The Morgan fingerprint density at radius 1 is 1.27 bits per heavy atom. The normalized spacial score (nSPS) is 19.4. The van der Waals surface area contributed by atoms with Crippen LogP contribution in [-0.4, -0.2) is 74.3 Å². The zero-order chi connectivity index (χ0) is 26.9. The highest BCUT2D eigenvalue weighted by molar-refractivity contribution is 8.00. The average molecular weight is 584 g/mol. The number of thiophene rings is 1. The SMILES string of the molecule is CNC(=O)NC(=O)Nc1ccsc1CC(=O)NC1C(=O)N2C(C(=O)O)=C(C(S)c3nnc(C)s3)CSC12. The Morgan fingerprint density at radius 2 is 2.03 bits per heavy atom. The van der Waals surface area contributed by atoms with E-state index in [9.17, 15) is 29.1 Å². The van der Waals surface area contributed by atoms with Gasteiger partial charge in [-0.25, -0.2) is 14.4 Å². The summed E-state index contributed by atoms with van der Waals surface area (Å²) in [6, 6.07) is -0.769. The summed E-state index contributed by atoms with van der Waals surface area (Å²) >= 11 is 8.40. The maximum absolute atomic E-state index is 13.0. The lowest BCUT2D eigenvalue weighted by Crippen LogP contribution is -2.70. The molecule has 4 rings (SSSR count). The van der Waals surface area contributed by atoms with Gasteiger partial charge >= 0.3 is 18.0 Å². The summed E-state index contributed by atoms with van der Waals surface area (Å²) in [7, 11) is 1.36. The largest absolute Gasteiger partial charge is 0.477 e. The van der Waals surface area contributed by atoms with Crippen LogP contribution in [-0.2, 0) is 20.8 Å². The molecule has 0 spiro atoms. The zero-order valence-corrected chi connectivity index (χ0v) is 22.6. The predicted molar refractivity (Wildman–Crippen MR) is 141 cm³/mol. The molecule has 1 saturated heterocycles. The van der Waals surface area contributed by atoms with Crippen LogP contribution in [0.4, 0.5) is 15.3 Å². The van der Waals surface area contributed by atoms with E-state index in [1.54, 1.807) is 18.4 Å². The number of aliphatic carboxylic acids is 1. The van der Waals surface area contributed by atoms with E-state index >= 15 is 0 Å². The molecule has 0 aromatic carbocycles. The molecule has 3 atom stereocenters. The summed E-state index contributed by atoms with van der Waals surface area (Å²) in [4.78, 5) is 62.7. The van der Waals surface area contributed by atoms with Crippen molar-refractivity contribution in [3.05, 3.63) is 37.6 Å². The smallest absolute Gasteiger partial charge is 0.352 e. The van der Waals surface area contributed by atoms with Crippen molar-refractivity contribution in [3.63, 3.8) is 0 Å². The molecular formula is C20H21N7O6S4. The van der Waals surface area contributed by atoms with Gasteiger partial charge in [-0.05, 0) is 23.9 Å². The number of imide groups is 1. The fourth-order valence-electron chi connectivity index (χ4n) is 3.70. The summed E-state index contributed by atoms with van der Waals surface area (Å²) in [5, 5.41) is 29.1. The Balaban J connectivity index is 1.42. The molecule has 6 amide bonds. The van der Waals surface area contributed by atoms with Crippen molar-refractivity contribution in [2.24, 2.45) is 0 Å². The van der Waals surface area contributed by atoms with Crippen molar-refractivity contribution in [2.45, 2.75) is 30.0 Å². The number of thiol groups is 1. The van der Waals surface area contributed by atoms with Gasteiger partial charge in [0.1, 0.15) is 27.1 Å². The van der Waals surface area contributed by atoms with Gasteiger partial charge in [-0.3, -0.25) is 19.8 Å². The lowest BCUT2D eigenvalue weighted by atomic mass is 10.0. The minimum absolute atomic E-state index is 0.129. The molecule has 2 aliphatic rings. The van der Waals surface area contributed by atoms with Crippen LogP contribution in [0.3, 0.4) is 0 Å². The second kappa shape index (κ2) is 11.1. The monoisotopic (exact) mass is 583 g/mol. The van der Waals surface area contributed by atoms with Crippen molar-refractivity contribution < 1.29 is 29.1 Å². The van der Waals surface area contributed by atoms with Gasteiger partial charge in [0.25, 0.3) is 5.91 Å². The first-order chi connectivity index (χ1) is 17.6. The number of anilines is 1. The van der Waals surface area contributed by atoms with E-state index in [4.69, 9.17) is 0 Å². The number of hydrogen-bond donors (Lipinski definition) is 6. The van der Waals surface area contributed by atoms with Crippen LogP contribution in [0.5, 0.6) is 0 Å². The van der Waals surface area contributed by atoms with Gasteiger partial charge in [0, 0.05) is 17.7 Å². The second-order valence-corrected chi connectivity index (χ2v) is 11.6. The zero-order valence-electron chi connectivity index (χ0n) is 19.3. The van der Waals surface area contributed by atoms with E-state index in [0.29, 0.717) is 26.2 Å². The number of aryl methyl sites for hydroxylation is 1. The van der Waals surface area contributed by atoms with E-state index in [1.807, 2.05) is 0 Å². The van der Waals surface area contributed by atoms with Crippen molar-refractivity contribution in [1.82, 2.24) is 31.0 Å². The molecule has 0 radical (unpaired) electrons. The van der Waals surface area contributed by atoms with E-state index in [1.165, 1.54) is 46.4 Å². The standard InChI is InChI=1S/C20H21N7O6S4/c1-7-25-26-15(37-7)14(34)8-6-36-17-12(16(29)27(17)13(8)18(30)31)23-11(28)5-10-9(3-4-35-10)22-20(33)24-19(32)21-2/h3-4,12,14,17,34H,5-6H2,1-2H3,(H,23,28)(H,30,31)(H3,21,22,24,32,33). The molecule has 4 heterocycles. The first-order valence-corrected chi connectivity index (χ1v) is 13.9. The third-order valence-corrected chi connectivity index (χ3v) is 9.25. The van der Waals surface area contributed by atoms with Crippen molar-refractivity contribution in [2.75, 3.05) is 18.1 Å². The first-order valence-electron chi connectivity index (χ1n) is 10.6. The quantitative estimate of drug-likeness (QED) is 0.207. The molecule has 196 valence electrons. The van der Waals surface area contributed by atoms with Gasteiger partial charge in [0.05, 0.1) is 17.4 Å². The fourth-order valence-corrected chi connectivity index (χ4v) is 7.19. The van der Waals surface area contributed by atoms with E-state index < -0.39 is 46.5 Å². The van der Waals surface area contributed by atoms with Crippen LogP contribution in [0.1, 0.15) is 20.1 Å². The summed E-state index contributed by atoms with van der Waals surface area (Å²) in [6.07, 6.45) is -0.129. The predicted octanol–water partition coefficient (Wildman–Crippen LogP) is 1.32. The lowest BCUT2D eigenvalue weighted by Gasteiger charge is -2.49. The number of thioether (sulfide) groups is 1. The van der Waals surface area contributed by atoms with Gasteiger partial charge in [-0.2, -0.15) is 12.6 Å². The maximum Gasteiger partial charge on any atom is 0.352 e. The van der Waals surface area contributed by atoms with E-state index in [-0.39, 0.29) is 17.9 Å². The summed E-state index contributed by atoms with van der Waals surface area (Å²) < 4.78 is 0. The number of amides is 6. The molecule has 2 aromatic rings. The Morgan fingerprint density at radius 3 is 2.68 bits per heavy atom. The van der Waals surface area contributed by atoms with E-state index in [2.05, 4.69) is 44.1 Å². The average Bonchev–Trinajstić information content (AvgIpc) is 3.49. The van der Waals surface area contributed by atoms with Gasteiger partial charge in [0.15, 0.2) is 0 Å². The number of carbonyl (C=O) groups excluding carboxylic acids is 4. The fraction of sp³-hybridized carbons (Fsp3) is 0.350. The molecular weight excluding hydrogens is 563 g/mol. The highest BCUT2D eigenvalue weighted by Gasteiger charge is 2.54. The number of nitrogens with one attached hydrogen (secondary N) is 4. The molecule has 2 aliphatic heterocycles. The number of carboxylic acids is 1. The number of carboxylic acid groups (broad SMARTS) is 1. The Labute approximate surface area is 227 Å². The summed E-state index contributed by atoms with van der Waals surface area (Å²) in [5.74, 6) is -1.99. The highest BCUT2D eigenvalue weighted by Crippen LogP contribution is 2.45. The third-order valence-electron chi connectivity index (χ3n) is 5.39. The third kappa shape index (κ3) is 5.58. The van der Waals surface area contributed by atoms with Crippen LogP contribution in [0.2, 0.25) is 0 Å². The number of rotatable bonds is 7. The van der Waals surface area contributed by atoms with Crippen LogP contribution in [0.15, 0.2) is 22.7 Å². The Bertz CT molecular complexity index is 1310. The Hall–Kier alpha value is -3.15. The van der Waals surface area contributed by atoms with E-state index in [0.717, 1.165) is 0 Å². The van der Waals surface area contributed by atoms with Gasteiger partial charge in [-0.15, -0.1) is 44.6 Å². The van der Waals surface area contributed by atoms with Crippen molar-refractivity contribution >= 4 is 82.6 Å². The summed E-state index contributed by atoms with van der Waals surface area (Å²) in [6.45, 7) is 1.78.